The molecule has 0 aromatic rings. The Hall–Kier alpha value is -3.00. The van der Waals surface area contributed by atoms with E-state index in [0.717, 1.165) is 64.2 Å². The van der Waals surface area contributed by atoms with Gasteiger partial charge in [0, 0.05) is 39.7 Å². The lowest BCUT2D eigenvalue weighted by atomic mass is 9.84. The van der Waals surface area contributed by atoms with Gasteiger partial charge >= 0.3 is 11.9 Å². The zero-order valence-corrected chi connectivity index (χ0v) is 23.5. The van der Waals surface area contributed by atoms with Crippen LogP contribution in [0.2, 0.25) is 0 Å². The smallest absolute Gasteiger partial charge is 0.333 e. The number of ether oxygens (including phenoxy) is 2. The topological polar surface area (TPSA) is 170 Å². The Balaban J connectivity index is 0.000000590. The van der Waals surface area contributed by atoms with Crippen LogP contribution >= 0.6 is 0 Å². The minimum absolute atomic E-state index is 0.168. The third-order valence-corrected chi connectivity index (χ3v) is 6.58. The lowest BCUT2D eigenvalue weighted by molar-refractivity contribution is -0.139. The van der Waals surface area contributed by atoms with Crippen LogP contribution in [0.1, 0.15) is 91.9 Å². The normalized spacial score (nSPS) is 22.5. The first-order valence-electron chi connectivity index (χ1n) is 13.6. The molecule has 0 amide bonds. The summed E-state index contributed by atoms with van der Waals surface area (Å²) < 4.78 is 9.49. The molecule has 0 heterocycles. The number of rotatable bonds is 10. The van der Waals surface area contributed by atoms with Crippen LogP contribution in [0.5, 0.6) is 0 Å². The number of hydrogen-bond acceptors (Lipinski definition) is 7. The summed E-state index contributed by atoms with van der Waals surface area (Å²) in [6.45, 7) is 11.5. The van der Waals surface area contributed by atoms with Crippen LogP contribution in [-0.2, 0) is 19.1 Å². The molecule has 2 fully saturated rings. The predicted molar refractivity (Wildman–Crippen MR) is 148 cm³/mol. The Morgan fingerprint density at radius 3 is 1.68 bits per heavy atom. The molecule has 0 aromatic heterocycles. The first-order valence-corrected chi connectivity index (χ1v) is 13.6. The lowest BCUT2D eigenvalue weighted by Crippen LogP contribution is -2.17. The van der Waals surface area contributed by atoms with Crippen LogP contribution in [0.4, 0.5) is 0 Å². The van der Waals surface area contributed by atoms with Gasteiger partial charge in [-0.15, -0.1) is 0 Å². The fraction of sp³-hybridized carbons (Fsp3) is 0.778. The van der Waals surface area contributed by atoms with Crippen molar-refractivity contribution >= 4 is 11.9 Å². The molecule has 0 atom stereocenters. The number of carbonyl (C=O) groups is 2. The van der Waals surface area contributed by atoms with E-state index in [2.05, 4.69) is 31.4 Å². The van der Waals surface area contributed by atoms with Crippen molar-refractivity contribution in [2.45, 2.75) is 104 Å². The number of aliphatic hydroxyl groups is 1. The van der Waals surface area contributed by atoms with Gasteiger partial charge in [0.15, 0.2) is 0 Å². The van der Waals surface area contributed by atoms with Gasteiger partial charge in [0.25, 0.3) is 0 Å². The molecule has 11 nitrogen and oxygen atoms in total. The molecule has 0 saturated heterocycles. The van der Waals surface area contributed by atoms with Gasteiger partial charge in [-0.05, 0) is 115 Å². The molecule has 2 aliphatic carbocycles. The molecule has 1 N–H and O–H groups in total. The molecule has 11 heteroatoms. The van der Waals surface area contributed by atoms with Crippen LogP contribution in [0.25, 0.3) is 20.9 Å². The molecule has 0 radical (unpaired) electrons. The van der Waals surface area contributed by atoms with E-state index in [4.69, 9.17) is 20.9 Å². The fourth-order valence-corrected chi connectivity index (χ4v) is 4.30. The molecule has 0 aliphatic heterocycles. The van der Waals surface area contributed by atoms with Crippen molar-refractivity contribution in [2.24, 2.45) is 22.1 Å². The number of aliphatic hydroxyl groups excluding tert-OH is 1. The third kappa shape index (κ3) is 16.7. The van der Waals surface area contributed by atoms with E-state index in [9.17, 15) is 9.59 Å². The van der Waals surface area contributed by atoms with E-state index in [1.807, 2.05) is 13.0 Å². The number of carbonyl (C=O) groups excluding carboxylic acids is 2. The predicted octanol–water partition coefficient (Wildman–Crippen LogP) is 7.12. The Morgan fingerprint density at radius 1 is 0.868 bits per heavy atom. The van der Waals surface area contributed by atoms with Crippen LogP contribution in [0.15, 0.2) is 34.0 Å². The van der Waals surface area contributed by atoms with Crippen molar-refractivity contribution in [3.8, 4) is 0 Å². The molecule has 38 heavy (non-hydrogen) atoms. The quantitative estimate of drug-likeness (QED) is 0.103. The number of allylic oxidation sites excluding steroid dienone is 1. The van der Waals surface area contributed by atoms with Crippen molar-refractivity contribution in [1.29, 1.82) is 0 Å². The highest BCUT2D eigenvalue weighted by Crippen LogP contribution is 2.29. The number of esters is 2. The van der Waals surface area contributed by atoms with Crippen molar-refractivity contribution in [3.05, 3.63) is 44.7 Å². The summed E-state index contributed by atoms with van der Waals surface area (Å²) in [5.74, 6) is 0.715. The van der Waals surface area contributed by atoms with Gasteiger partial charge in [-0.25, -0.2) is 9.59 Å². The molecule has 0 aromatic carbocycles. The highest BCUT2D eigenvalue weighted by Gasteiger charge is 2.20. The zero-order valence-electron chi connectivity index (χ0n) is 23.5. The molecule has 2 rings (SSSR count). The Labute approximate surface area is 226 Å². The highest BCUT2D eigenvalue weighted by atomic mass is 16.5. The van der Waals surface area contributed by atoms with Gasteiger partial charge < -0.3 is 14.6 Å². The summed E-state index contributed by atoms with van der Waals surface area (Å²) in [6.07, 6.45) is 12.0. The minimum Gasteiger partial charge on any atom is -0.463 e. The molecular weight excluding hydrogens is 488 g/mol. The van der Waals surface area contributed by atoms with Crippen LogP contribution in [0, 0.1) is 11.8 Å². The van der Waals surface area contributed by atoms with Crippen molar-refractivity contribution in [3.63, 3.8) is 0 Å². The standard InChI is InChI=1S/C13H21N3O2.C8H15N3O.C6H10O2/c1-3-18-13(17)10(2)4-5-11-6-8-12(9-7-11)15-16-14;9-11-10-8-3-1-7(2-4-8)5-6-12;1-4-8-6(7)5(2)3/h4,11-12H,3,5-9H2,1-2H3;7-8,12H,1-6H2;2,4H2,1,3H3/b10-4+;;. The zero-order chi connectivity index (χ0) is 28.8. The summed E-state index contributed by atoms with van der Waals surface area (Å²) >= 11 is 0. The highest BCUT2D eigenvalue weighted by molar-refractivity contribution is 5.87. The summed E-state index contributed by atoms with van der Waals surface area (Å²) in [6, 6.07) is 0.381. The van der Waals surface area contributed by atoms with E-state index in [0.29, 0.717) is 36.2 Å². The van der Waals surface area contributed by atoms with Crippen LogP contribution in [-0.4, -0.2) is 48.9 Å². The second kappa shape index (κ2) is 22.0. The first-order chi connectivity index (χ1) is 18.2. The summed E-state index contributed by atoms with van der Waals surface area (Å²) in [5, 5.41) is 16.2. The maximum Gasteiger partial charge on any atom is 0.333 e. The van der Waals surface area contributed by atoms with Crippen molar-refractivity contribution in [1.82, 2.24) is 0 Å². The number of azide groups is 2. The van der Waals surface area contributed by atoms with Crippen LogP contribution in [0.3, 0.4) is 0 Å². The monoisotopic (exact) mass is 534 g/mol. The summed E-state index contributed by atoms with van der Waals surface area (Å²) in [7, 11) is 0. The second-order valence-electron chi connectivity index (χ2n) is 9.62. The molecule has 0 bridgehead atoms. The van der Waals surface area contributed by atoms with Gasteiger partial charge in [-0.1, -0.05) is 22.9 Å². The van der Waals surface area contributed by atoms with Crippen molar-refractivity contribution in [2.75, 3.05) is 19.8 Å². The molecule has 214 valence electrons. The van der Waals surface area contributed by atoms with Gasteiger partial charge in [-0.2, -0.15) is 0 Å². The van der Waals surface area contributed by atoms with Crippen LogP contribution < -0.4 is 0 Å². The summed E-state index contributed by atoms with van der Waals surface area (Å²) in [4.78, 5) is 27.5. The fourth-order valence-electron chi connectivity index (χ4n) is 4.30. The van der Waals surface area contributed by atoms with E-state index < -0.39 is 0 Å². The maximum absolute atomic E-state index is 11.4. The number of nitrogens with zero attached hydrogens (tertiary/aromatic N) is 6. The second-order valence-corrected chi connectivity index (χ2v) is 9.62. The average Bonchev–Trinajstić information content (AvgIpc) is 2.91. The van der Waals surface area contributed by atoms with E-state index >= 15 is 0 Å². The first kappa shape index (κ1) is 35.0. The largest absolute Gasteiger partial charge is 0.463 e. The lowest BCUT2D eigenvalue weighted by Gasteiger charge is -2.24. The van der Waals surface area contributed by atoms with Crippen molar-refractivity contribution < 1.29 is 24.2 Å². The van der Waals surface area contributed by atoms with Gasteiger partial charge in [0.1, 0.15) is 0 Å². The maximum atomic E-state index is 11.4. The third-order valence-electron chi connectivity index (χ3n) is 6.58. The Bertz CT molecular complexity index is 833. The Morgan fingerprint density at radius 2 is 1.32 bits per heavy atom. The summed E-state index contributed by atoms with van der Waals surface area (Å²) in [5.41, 5.74) is 17.7. The number of hydrogen-bond donors (Lipinski definition) is 1. The molecular formula is C27H46N6O5. The van der Waals surface area contributed by atoms with E-state index in [1.54, 1.807) is 20.8 Å². The van der Waals surface area contributed by atoms with E-state index in [1.165, 1.54) is 0 Å². The average molecular weight is 535 g/mol. The molecule has 0 spiro atoms. The minimum atomic E-state index is -0.312. The van der Waals surface area contributed by atoms with Gasteiger partial charge in [0.2, 0.25) is 0 Å². The van der Waals surface area contributed by atoms with Gasteiger partial charge in [0.05, 0.1) is 13.2 Å². The Kier molecular flexibility index (Phi) is 20.3. The SMILES string of the molecule is C=C(C)C(=O)OCC.CCOC(=O)/C(C)=C/CC1CCC(N=[N+]=[N-])CC1.[N-]=[N+]=NC1CCC(CCO)CC1. The van der Waals surface area contributed by atoms with E-state index in [-0.39, 0.29) is 30.6 Å². The molecule has 0 unspecified atom stereocenters. The molecule has 2 aliphatic rings. The van der Waals surface area contributed by atoms with Gasteiger partial charge in [-0.3, -0.25) is 0 Å². The molecule has 2 saturated carbocycles.